The van der Waals surface area contributed by atoms with E-state index in [1.807, 2.05) is 18.5 Å². The molecule has 0 amide bonds. The number of aromatic amines is 4. The van der Waals surface area contributed by atoms with Gasteiger partial charge in [-0.05, 0) is 61.6 Å². The summed E-state index contributed by atoms with van der Waals surface area (Å²) in [7, 11) is 0. The monoisotopic (exact) mass is 484 g/mol. The molecular weight excluding hydrogens is 448 g/mol. The molecule has 4 N–H and O–H groups in total. The lowest BCUT2D eigenvalue weighted by molar-refractivity contribution is 0.260. The maximum atomic E-state index is 4.61. The molecule has 0 saturated heterocycles. The third-order valence-corrected chi connectivity index (χ3v) is 6.61. The van der Waals surface area contributed by atoms with Crippen molar-refractivity contribution < 1.29 is 0 Å². The summed E-state index contributed by atoms with van der Waals surface area (Å²) in [4.78, 5) is 28.2. The van der Waals surface area contributed by atoms with Crippen LogP contribution in [0.3, 0.4) is 0 Å². The van der Waals surface area contributed by atoms with Gasteiger partial charge in [-0.25, -0.2) is 0 Å². The molecule has 36 heavy (non-hydrogen) atoms. The molecule has 1 aliphatic rings. The molecule has 4 aromatic rings. The van der Waals surface area contributed by atoms with E-state index >= 15 is 0 Å². The van der Waals surface area contributed by atoms with E-state index in [2.05, 4.69) is 96.0 Å². The fraction of sp³-hybridized carbons (Fsp3) is 0.357. The number of rotatable bonds is 2. The van der Waals surface area contributed by atoms with E-state index < -0.39 is 0 Å². The lowest BCUT2D eigenvalue weighted by Crippen LogP contribution is -2.24. The summed E-state index contributed by atoms with van der Waals surface area (Å²) in [5.41, 5.74) is 9.11. The normalized spacial score (nSPS) is 18.1. The Balaban J connectivity index is 1.36. The Morgan fingerprint density at radius 3 is 1.42 bits per heavy atom. The number of fused-ring (bicyclic) bond motifs is 8. The van der Waals surface area contributed by atoms with Crippen LogP contribution in [0.1, 0.15) is 59.4 Å². The summed E-state index contributed by atoms with van der Waals surface area (Å²) in [5, 5.41) is 0. The zero-order valence-corrected chi connectivity index (χ0v) is 21.2. The predicted molar refractivity (Wildman–Crippen MR) is 145 cm³/mol. The molecule has 5 rings (SSSR count). The fourth-order valence-corrected chi connectivity index (χ4v) is 4.61. The van der Waals surface area contributed by atoms with Crippen LogP contribution in [0.4, 0.5) is 0 Å². The number of aromatic nitrogens is 4. The van der Waals surface area contributed by atoms with Gasteiger partial charge < -0.3 is 19.9 Å². The third kappa shape index (κ3) is 6.33. The summed E-state index contributed by atoms with van der Waals surface area (Å²) in [6, 6.07) is 17.1. The van der Waals surface area contributed by atoms with Gasteiger partial charge in [0.25, 0.3) is 0 Å². The van der Waals surface area contributed by atoms with E-state index in [4.69, 9.17) is 0 Å². The highest BCUT2D eigenvalue weighted by molar-refractivity contribution is 5.78. The van der Waals surface area contributed by atoms with Crippen LogP contribution >= 0.6 is 0 Å². The van der Waals surface area contributed by atoms with Crippen LogP contribution in [0.25, 0.3) is 0 Å². The molecule has 0 spiro atoms. The Labute approximate surface area is 212 Å². The smallest absolute Gasteiger partial charge is 0.0790 e. The Morgan fingerprint density at radius 1 is 0.528 bits per heavy atom. The van der Waals surface area contributed by atoms with Crippen molar-refractivity contribution in [2.45, 2.75) is 53.1 Å². The van der Waals surface area contributed by atoms with Gasteiger partial charge >= 0.3 is 0 Å². The highest BCUT2D eigenvalue weighted by atomic mass is 15.1. The summed E-state index contributed by atoms with van der Waals surface area (Å²) in [6.07, 6.45) is 3.80. The van der Waals surface area contributed by atoms with Crippen LogP contribution in [0.5, 0.6) is 0 Å². The van der Waals surface area contributed by atoms with Crippen LogP contribution in [-0.2, 0) is 39.3 Å². The maximum Gasteiger partial charge on any atom is 0.0790 e. The van der Waals surface area contributed by atoms with Gasteiger partial charge in [0, 0.05) is 72.8 Å². The van der Waals surface area contributed by atoms with Gasteiger partial charge in [0.15, 0.2) is 0 Å². The summed E-state index contributed by atoms with van der Waals surface area (Å²) in [6.45, 7) is 11.1. The first-order valence-corrected chi connectivity index (χ1v) is 12.8. The van der Waals surface area contributed by atoms with Crippen molar-refractivity contribution in [3.05, 3.63) is 94.1 Å². The molecule has 0 saturated carbocycles. The minimum absolute atomic E-state index is 0.604. The number of H-pyrrole nitrogens is 4. The van der Waals surface area contributed by atoms with E-state index in [1.165, 1.54) is 22.8 Å². The molecule has 8 heteroatoms. The van der Waals surface area contributed by atoms with Crippen molar-refractivity contribution in [1.82, 2.24) is 29.7 Å². The van der Waals surface area contributed by atoms with Gasteiger partial charge in [0.05, 0.1) is 24.5 Å². The maximum absolute atomic E-state index is 4.61. The van der Waals surface area contributed by atoms with Gasteiger partial charge in [-0.2, -0.15) is 0 Å². The van der Waals surface area contributed by atoms with Gasteiger partial charge in [0.1, 0.15) is 0 Å². The Bertz CT molecular complexity index is 1300. The first-order chi connectivity index (χ1) is 17.7. The SMILES string of the molecule is CCN1Cc2ccc([nH]2)/C=N/Cc2ccc([nH]2)/C=N/Cc2ccc([nH]2)CN(CC)Cc2ccc([nH]2)C1. The minimum atomic E-state index is 0.604. The highest BCUT2D eigenvalue weighted by Gasteiger charge is 2.11. The van der Waals surface area contributed by atoms with Crippen molar-refractivity contribution >= 4 is 12.4 Å². The zero-order chi connectivity index (χ0) is 24.7. The number of hydrogen-bond acceptors (Lipinski definition) is 4. The van der Waals surface area contributed by atoms with E-state index in [9.17, 15) is 0 Å². The summed E-state index contributed by atoms with van der Waals surface area (Å²) in [5.74, 6) is 0. The van der Waals surface area contributed by atoms with Gasteiger partial charge in [-0.15, -0.1) is 0 Å². The second kappa shape index (κ2) is 11.4. The second-order valence-corrected chi connectivity index (χ2v) is 9.44. The van der Waals surface area contributed by atoms with Gasteiger partial charge in [-0.1, -0.05) is 13.8 Å². The molecule has 188 valence electrons. The van der Waals surface area contributed by atoms with Gasteiger partial charge in [-0.3, -0.25) is 19.8 Å². The lowest BCUT2D eigenvalue weighted by Gasteiger charge is -2.20. The first-order valence-electron chi connectivity index (χ1n) is 12.8. The Hall–Kier alpha value is -3.62. The Morgan fingerprint density at radius 2 is 0.889 bits per heavy atom. The average molecular weight is 485 g/mol. The molecule has 0 radical (unpaired) electrons. The number of nitrogens with one attached hydrogen (secondary N) is 4. The average Bonchev–Trinajstić information content (AvgIpc) is 3.68. The van der Waals surface area contributed by atoms with Crippen LogP contribution < -0.4 is 0 Å². The molecule has 5 heterocycles. The molecule has 0 aromatic carbocycles. The van der Waals surface area contributed by atoms with Crippen molar-refractivity contribution in [2.75, 3.05) is 13.1 Å². The summed E-state index contributed by atoms with van der Waals surface area (Å²) < 4.78 is 0. The predicted octanol–water partition coefficient (Wildman–Crippen LogP) is 4.59. The number of hydrogen-bond donors (Lipinski definition) is 4. The molecule has 0 unspecified atom stereocenters. The summed E-state index contributed by atoms with van der Waals surface area (Å²) >= 11 is 0. The van der Waals surface area contributed by atoms with Crippen molar-refractivity contribution in [3.8, 4) is 0 Å². The largest absolute Gasteiger partial charge is 0.360 e. The quantitative estimate of drug-likeness (QED) is 0.335. The standard InChI is InChI=1S/C28H36N8/c1-3-35-17-25-9-7-23(32-25)15-29-13-21-5-6-22(31-21)14-30-16-24-8-10-26(33-24)18-36(4-2)20-28-12-11-27(19-35)34-28/h5-13,16,31-34H,3-4,14-15,17-20H2,1-2H3/b29-13+,30-16+. The zero-order valence-electron chi connectivity index (χ0n) is 21.2. The molecule has 4 aromatic heterocycles. The van der Waals surface area contributed by atoms with E-state index in [0.29, 0.717) is 13.1 Å². The van der Waals surface area contributed by atoms with Crippen molar-refractivity contribution in [3.63, 3.8) is 0 Å². The molecule has 0 aliphatic carbocycles. The van der Waals surface area contributed by atoms with Crippen LogP contribution in [0.2, 0.25) is 0 Å². The van der Waals surface area contributed by atoms with Crippen molar-refractivity contribution in [1.29, 1.82) is 0 Å². The fourth-order valence-electron chi connectivity index (χ4n) is 4.61. The van der Waals surface area contributed by atoms with Gasteiger partial charge in [0.2, 0.25) is 0 Å². The van der Waals surface area contributed by atoms with Crippen LogP contribution in [0, 0.1) is 0 Å². The van der Waals surface area contributed by atoms with Crippen LogP contribution in [0.15, 0.2) is 58.5 Å². The third-order valence-electron chi connectivity index (χ3n) is 6.61. The lowest BCUT2D eigenvalue weighted by atomic mass is 10.3. The molecule has 1 aliphatic heterocycles. The second-order valence-electron chi connectivity index (χ2n) is 9.44. The van der Waals surface area contributed by atoms with Crippen molar-refractivity contribution in [2.24, 2.45) is 9.98 Å². The van der Waals surface area contributed by atoms with Crippen LogP contribution in [-0.4, -0.2) is 55.3 Å². The number of nitrogens with zero attached hydrogens (tertiary/aromatic N) is 4. The van der Waals surface area contributed by atoms with E-state index in [-0.39, 0.29) is 0 Å². The highest BCUT2D eigenvalue weighted by Crippen LogP contribution is 2.14. The first kappa shape index (κ1) is 24.1. The molecule has 0 atom stereocenters. The topological polar surface area (TPSA) is 94.4 Å². The molecule has 0 fully saturated rings. The van der Waals surface area contributed by atoms with E-state index in [1.54, 1.807) is 0 Å². The minimum Gasteiger partial charge on any atom is -0.360 e. The van der Waals surface area contributed by atoms with E-state index in [0.717, 1.165) is 62.0 Å². The Kier molecular flexibility index (Phi) is 7.64. The molecule has 8 nitrogen and oxygen atoms in total. The molecule has 8 bridgehead atoms. The number of aliphatic imine (C=N–C) groups is 2. The molecular formula is C28H36N8.